The Bertz CT molecular complexity index is 337. The molecule has 1 saturated heterocycles. The molecule has 1 aliphatic rings. The molecular weight excluding hydrogens is 228 g/mol. The van der Waals surface area contributed by atoms with Gasteiger partial charge in [-0.3, -0.25) is 0 Å². The van der Waals surface area contributed by atoms with Crippen LogP contribution < -0.4 is 11.1 Å². The maximum absolute atomic E-state index is 5.93. The van der Waals surface area contributed by atoms with E-state index in [1.54, 1.807) is 11.8 Å². The molecule has 0 aliphatic carbocycles. The molecule has 3 N–H and O–H groups in total. The molecule has 1 atom stereocenters. The molecule has 0 radical (unpaired) electrons. The van der Waals surface area contributed by atoms with Gasteiger partial charge < -0.3 is 11.1 Å². The van der Waals surface area contributed by atoms with Crippen LogP contribution >= 0.6 is 23.4 Å². The largest absolute Gasteiger partial charge is 0.398 e. The Morgan fingerprint density at radius 1 is 1.53 bits per heavy atom. The van der Waals surface area contributed by atoms with Crippen molar-refractivity contribution in [1.29, 1.82) is 0 Å². The minimum Gasteiger partial charge on any atom is -0.398 e. The number of anilines is 1. The summed E-state index contributed by atoms with van der Waals surface area (Å²) in [6, 6.07) is 6.27. The highest BCUT2D eigenvalue weighted by atomic mass is 35.5. The zero-order valence-corrected chi connectivity index (χ0v) is 10.1. The summed E-state index contributed by atoms with van der Waals surface area (Å²) in [4.78, 5) is 1.09. The predicted octanol–water partition coefficient (Wildman–Crippen LogP) is 2.77. The topological polar surface area (TPSA) is 38.0 Å². The number of hydrogen-bond donors (Lipinski definition) is 2. The molecule has 1 fully saturated rings. The normalized spacial score (nSPS) is 20.7. The SMILES string of the molecule is Nc1ccc(Cl)cc1SC[C@@H]1CCCN1. The maximum atomic E-state index is 5.93. The molecule has 1 heterocycles. The van der Waals surface area contributed by atoms with Crippen LogP contribution in [0.4, 0.5) is 5.69 Å². The number of benzene rings is 1. The molecule has 82 valence electrons. The molecule has 1 aromatic carbocycles. The number of halogens is 1. The summed E-state index contributed by atoms with van der Waals surface area (Å²) >= 11 is 7.71. The summed E-state index contributed by atoms with van der Waals surface area (Å²) < 4.78 is 0. The average molecular weight is 243 g/mol. The van der Waals surface area contributed by atoms with E-state index in [-0.39, 0.29) is 0 Å². The fourth-order valence-corrected chi connectivity index (χ4v) is 3.07. The van der Waals surface area contributed by atoms with Gasteiger partial charge in [-0.15, -0.1) is 11.8 Å². The first-order valence-corrected chi connectivity index (χ1v) is 6.53. The van der Waals surface area contributed by atoms with E-state index < -0.39 is 0 Å². The quantitative estimate of drug-likeness (QED) is 0.632. The van der Waals surface area contributed by atoms with Gasteiger partial charge in [-0.1, -0.05) is 11.6 Å². The van der Waals surface area contributed by atoms with Gasteiger partial charge in [0.05, 0.1) is 0 Å². The molecule has 2 rings (SSSR count). The van der Waals surface area contributed by atoms with Crippen LogP contribution in [0, 0.1) is 0 Å². The van der Waals surface area contributed by atoms with Crippen molar-refractivity contribution in [3.05, 3.63) is 23.2 Å². The van der Waals surface area contributed by atoms with Gasteiger partial charge in [0.15, 0.2) is 0 Å². The van der Waals surface area contributed by atoms with Crippen LogP contribution in [0.3, 0.4) is 0 Å². The van der Waals surface area contributed by atoms with Crippen molar-refractivity contribution in [2.45, 2.75) is 23.8 Å². The first-order chi connectivity index (χ1) is 7.25. The second kappa shape index (κ2) is 5.10. The minimum absolute atomic E-state index is 0.633. The molecule has 0 bridgehead atoms. The van der Waals surface area contributed by atoms with E-state index >= 15 is 0 Å². The Balaban J connectivity index is 1.94. The monoisotopic (exact) mass is 242 g/mol. The molecule has 0 saturated carbocycles. The highest BCUT2D eigenvalue weighted by Crippen LogP contribution is 2.29. The first-order valence-electron chi connectivity index (χ1n) is 5.17. The summed E-state index contributed by atoms with van der Waals surface area (Å²) in [6.07, 6.45) is 2.56. The van der Waals surface area contributed by atoms with Gasteiger partial charge in [0.1, 0.15) is 0 Å². The average Bonchev–Trinajstić information content (AvgIpc) is 2.72. The van der Waals surface area contributed by atoms with E-state index in [0.717, 1.165) is 27.9 Å². The van der Waals surface area contributed by atoms with Crippen molar-refractivity contribution in [3.63, 3.8) is 0 Å². The third kappa shape index (κ3) is 3.03. The van der Waals surface area contributed by atoms with Gasteiger partial charge in [0.25, 0.3) is 0 Å². The Morgan fingerprint density at radius 3 is 3.13 bits per heavy atom. The summed E-state index contributed by atoms with van der Waals surface area (Å²) in [6.45, 7) is 1.15. The molecule has 2 nitrogen and oxygen atoms in total. The Hall–Kier alpha value is -0.380. The second-order valence-electron chi connectivity index (χ2n) is 3.79. The number of nitrogens with one attached hydrogen (secondary N) is 1. The molecular formula is C11H15ClN2S. The summed E-state index contributed by atoms with van der Waals surface area (Å²) in [5.74, 6) is 1.07. The van der Waals surface area contributed by atoms with E-state index in [4.69, 9.17) is 17.3 Å². The number of hydrogen-bond acceptors (Lipinski definition) is 3. The summed E-state index contributed by atoms with van der Waals surface area (Å²) in [5, 5.41) is 4.22. The number of nitrogen functional groups attached to an aromatic ring is 1. The van der Waals surface area contributed by atoms with Crippen molar-refractivity contribution in [1.82, 2.24) is 5.32 Å². The lowest BCUT2D eigenvalue weighted by atomic mass is 10.3. The standard InChI is InChI=1S/C11H15ClN2S/c12-8-3-4-10(13)11(6-8)15-7-9-2-1-5-14-9/h3-4,6,9,14H,1-2,5,7,13H2/t9-/m0/s1. The number of thioether (sulfide) groups is 1. The smallest absolute Gasteiger partial charge is 0.0453 e. The van der Waals surface area contributed by atoms with E-state index in [9.17, 15) is 0 Å². The van der Waals surface area contributed by atoms with E-state index in [0.29, 0.717) is 6.04 Å². The highest BCUT2D eigenvalue weighted by molar-refractivity contribution is 7.99. The van der Waals surface area contributed by atoms with Crippen LogP contribution in [-0.4, -0.2) is 18.3 Å². The third-order valence-electron chi connectivity index (χ3n) is 2.58. The second-order valence-corrected chi connectivity index (χ2v) is 5.28. The zero-order valence-electron chi connectivity index (χ0n) is 8.50. The van der Waals surface area contributed by atoms with Crippen LogP contribution in [0.25, 0.3) is 0 Å². The van der Waals surface area contributed by atoms with Crippen molar-refractivity contribution >= 4 is 29.1 Å². The maximum Gasteiger partial charge on any atom is 0.0453 e. The zero-order chi connectivity index (χ0) is 10.7. The van der Waals surface area contributed by atoms with Crippen molar-refractivity contribution in [3.8, 4) is 0 Å². The van der Waals surface area contributed by atoms with Crippen molar-refractivity contribution < 1.29 is 0 Å². The van der Waals surface area contributed by atoms with Gasteiger partial charge in [-0.2, -0.15) is 0 Å². The molecule has 0 spiro atoms. The highest BCUT2D eigenvalue weighted by Gasteiger charge is 2.14. The van der Waals surface area contributed by atoms with Crippen LogP contribution in [0.15, 0.2) is 23.1 Å². The van der Waals surface area contributed by atoms with E-state index in [1.165, 1.54) is 12.8 Å². The minimum atomic E-state index is 0.633. The van der Waals surface area contributed by atoms with Gasteiger partial charge in [0, 0.05) is 27.4 Å². The number of nitrogens with two attached hydrogens (primary N) is 1. The Labute approximate surface area is 99.6 Å². The van der Waals surface area contributed by atoms with E-state index in [1.807, 2.05) is 18.2 Å². The third-order valence-corrected chi connectivity index (χ3v) is 4.05. The lowest BCUT2D eigenvalue weighted by Gasteiger charge is -2.10. The van der Waals surface area contributed by atoms with Gasteiger partial charge >= 0.3 is 0 Å². The summed E-state index contributed by atoms with van der Waals surface area (Å²) in [5.41, 5.74) is 6.70. The fraction of sp³-hybridized carbons (Fsp3) is 0.455. The van der Waals surface area contributed by atoms with Crippen LogP contribution in [0.5, 0.6) is 0 Å². The van der Waals surface area contributed by atoms with Crippen molar-refractivity contribution in [2.24, 2.45) is 0 Å². The van der Waals surface area contributed by atoms with E-state index in [2.05, 4.69) is 5.32 Å². The molecule has 0 amide bonds. The Kier molecular flexibility index (Phi) is 3.78. The van der Waals surface area contributed by atoms with Gasteiger partial charge in [0.2, 0.25) is 0 Å². The number of rotatable bonds is 3. The molecule has 0 unspecified atom stereocenters. The lowest BCUT2D eigenvalue weighted by molar-refractivity contribution is 0.674. The van der Waals surface area contributed by atoms with Crippen LogP contribution in [0.1, 0.15) is 12.8 Å². The lowest BCUT2D eigenvalue weighted by Crippen LogP contribution is -2.23. The molecule has 1 aliphatic heterocycles. The molecule has 15 heavy (non-hydrogen) atoms. The Morgan fingerprint density at radius 2 is 2.40 bits per heavy atom. The predicted molar refractivity (Wildman–Crippen MR) is 67.6 cm³/mol. The molecule has 1 aromatic rings. The van der Waals surface area contributed by atoms with Crippen LogP contribution in [-0.2, 0) is 0 Å². The van der Waals surface area contributed by atoms with Gasteiger partial charge in [-0.05, 0) is 37.6 Å². The fourth-order valence-electron chi connectivity index (χ4n) is 1.72. The molecule has 0 aromatic heterocycles. The molecule has 4 heteroatoms. The van der Waals surface area contributed by atoms with Gasteiger partial charge in [-0.25, -0.2) is 0 Å². The summed E-state index contributed by atoms with van der Waals surface area (Å²) in [7, 11) is 0. The van der Waals surface area contributed by atoms with Crippen molar-refractivity contribution in [2.75, 3.05) is 18.0 Å². The first kappa shape index (κ1) is 11.1. The van der Waals surface area contributed by atoms with Crippen LogP contribution in [0.2, 0.25) is 5.02 Å².